The van der Waals surface area contributed by atoms with Crippen molar-refractivity contribution >= 4 is 11.8 Å². The molecule has 3 heterocycles. The average molecular weight is 385 g/mol. The summed E-state index contributed by atoms with van der Waals surface area (Å²) in [5, 5.41) is 0. The topological polar surface area (TPSA) is 49.9 Å². The van der Waals surface area contributed by atoms with Gasteiger partial charge in [0.05, 0.1) is 5.56 Å². The van der Waals surface area contributed by atoms with Crippen LogP contribution in [0.1, 0.15) is 74.2 Å². The van der Waals surface area contributed by atoms with Crippen molar-refractivity contribution in [3.8, 4) is 5.75 Å². The van der Waals surface area contributed by atoms with E-state index in [-0.39, 0.29) is 17.9 Å². The van der Waals surface area contributed by atoms with Crippen LogP contribution in [0.3, 0.4) is 0 Å². The van der Waals surface area contributed by atoms with E-state index in [9.17, 15) is 9.59 Å². The molecule has 2 atom stereocenters. The molecule has 152 valence electrons. The number of amides is 2. The van der Waals surface area contributed by atoms with E-state index in [2.05, 4.69) is 24.8 Å². The number of nitrogens with zero attached hydrogens (tertiary/aromatic N) is 2. The Morgan fingerprint density at radius 3 is 2.29 bits per heavy atom. The summed E-state index contributed by atoms with van der Waals surface area (Å²) >= 11 is 0. The van der Waals surface area contributed by atoms with Crippen molar-refractivity contribution in [2.75, 3.05) is 26.2 Å². The van der Waals surface area contributed by atoms with E-state index in [0.29, 0.717) is 30.5 Å². The third kappa shape index (κ3) is 3.63. The molecule has 0 unspecified atom stereocenters. The van der Waals surface area contributed by atoms with Crippen LogP contribution in [0.4, 0.5) is 0 Å². The molecule has 3 aliphatic rings. The minimum atomic E-state index is 0.0406. The predicted octanol–water partition coefficient (Wildman–Crippen LogP) is 3.83. The highest BCUT2D eigenvalue weighted by Gasteiger charge is 2.35. The maximum atomic E-state index is 13.1. The Morgan fingerprint density at radius 2 is 1.61 bits per heavy atom. The molecular weight excluding hydrogens is 352 g/mol. The lowest BCUT2D eigenvalue weighted by molar-refractivity contribution is -0.136. The first kappa shape index (κ1) is 19.3. The maximum absolute atomic E-state index is 13.1. The molecule has 0 spiro atoms. The van der Waals surface area contributed by atoms with Gasteiger partial charge in [0.15, 0.2) is 0 Å². The third-order valence-corrected chi connectivity index (χ3v) is 6.82. The first-order valence-corrected chi connectivity index (χ1v) is 10.9. The van der Waals surface area contributed by atoms with Crippen LogP contribution in [0.15, 0.2) is 18.2 Å². The van der Waals surface area contributed by atoms with Crippen LogP contribution >= 0.6 is 0 Å². The van der Waals surface area contributed by atoms with Gasteiger partial charge in [0, 0.05) is 43.6 Å². The largest absolute Gasteiger partial charge is 0.489 e. The zero-order valence-corrected chi connectivity index (χ0v) is 17.2. The molecule has 5 nitrogen and oxygen atoms in total. The fourth-order valence-electron chi connectivity index (χ4n) is 4.80. The number of piperidine rings is 1. The molecule has 2 amide bonds. The summed E-state index contributed by atoms with van der Waals surface area (Å²) in [6.07, 6.45) is 6.35. The summed E-state index contributed by atoms with van der Waals surface area (Å²) in [7, 11) is 0. The van der Waals surface area contributed by atoms with Crippen LogP contribution < -0.4 is 4.74 Å². The number of rotatable bonds is 2. The van der Waals surface area contributed by atoms with Gasteiger partial charge in [-0.25, -0.2) is 0 Å². The second-order valence-corrected chi connectivity index (χ2v) is 8.64. The summed E-state index contributed by atoms with van der Waals surface area (Å²) in [5.41, 5.74) is 1.80. The monoisotopic (exact) mass is 384 g/mol. The summed E-state index contributed by atoms with van der Waals surface area (Å²) in [6.45, 7) is 7.31. The van der Waals surface area contributed by atoms with Crippen molar-refractivity contribution < 1.29 is 14.3 Å². The van der Waals surface area contributed by atoms with Crippen LogP contribution in [0.25, 0.3) is 0 Å². The number of carbonyl (C=O) groups excluding carboxylic acids is 2. The molecule has 0 aliphatic carbocycles. The van der Waals surface area contributed by atoms with Gasteiger partial charge in [-0.15, -0.1) is 0 Å². The second kappa shape index (κ2) is 8.14. The summed E-state index contributed by atoms with van der Waals surface area (Å²) in [5.74, 6) is 1.48. The molecule has 0 radical (unpaired) electrons. The molecule has 0 saturated carbocycles. The molecule has 0 N–H and O–H groups in total. The summed E-state index contributed by atoms with van der Waals surface area (Å²) in [4.78, 5) is 30.0. The summed E-state index contributed by atoms with van der Waals surface area (Å²) < 4.78 is 6.00. The Hall–Kier alpha value is -2.04. The Labute approximate surface area is 168 Å². The maximum Gasteiger partial charge on any atom is 0.257 e. The van der Waals surface area contributed by atoms with E-state index in [1.165, 1.54) is 12.8 Å². The number of fused-ring (bicyclic) bond motifs is 1. The molecule has 0 bridgehead atoms. The Bertz CT molecular complexity index is 731. The van der Waals surface area contributed by atoms with Crippen molar-refractivity contribution in [2.24, 2.45) is 5.92 Å². The number of benzene rings is 1. The highest BCUT2D eigenvalue weighted by atomic mass is 16.5. The van der Waals surface area contributed by atoms with E-state index in [4.69, 9.17) is 4.74 Å². The van der Waals surface area contributed by atoms with E-state index in [0.717, 1.165) is 50.1 Å². The number of carbonyl (C=O) groups is 2. The first-order chi connectivity index (χ1) is 13.6. The van der Waals surface area contributed by atoms with Gasteiger partial charge in [0.25, 0.3) is 5.91 Å². The lowest BCUT2D eigenvalue weighted by atomic mass is 9.93. The van der Waals surface area contributed by atoms with Gasteiger partial charge in [0.2, 0.25) is 5.91 Å². The lowest BCUT2D eigenvalue weighted by Crippen LogP contribution is -2.44. The number of hydrogen-bond acceptors (Lipinski definition) is 3. The zero-order chi connectivity index (χ0) is 19.7. The van der Waals surface area contributed by atoms with Crippen LogP contribution in [-0.2, 0) is 4.79 Å². The number of likely N-dealkylation sites (tertiary alicyclic amines) is 2. The smallest absolute Gasteiger partial charge is 0.257 e. The van der Waals surface area contributed by atoms with E-state index in [1.807, 2.05) is 17.0 Å². The molecule has 1 aromatic rings. The predicted molar refractivity (Wildman–Crippen MR) is 109 cm³/mol. The van der Waals surface area contributed by atoms with Crippen molar-refractivity contribution in [3.63, 3.8) is 0 Å². The summed E-state index contributed by atoms with van der Waals surface area (Å²) in [6, 6.07) is 5.90. The first-order valence-electron chi connectivity index (χ1n) is 10.9. The minimum Gasteiger partial charge on any atom is -0.489 e. The standard InChI is InChI=1S/C23H32N2O3/c1-16-17(2)28-21-19(16)8-7-9-20(21)23(27)25-14-10-18(11-15-25)22(26)24-12-5-3-4-6-13-24/h7-9,16-18H,3-6,10-15H2,1-2H3/t16-,17-/m0/s1. The van der Waals surface area contributed by atoms with Crippen molar-refractivity contribution in [3.05, 3.63) is 29.3 Å². The lowest BCUT2D eigenvalue weighted by Gasteiger charge is -2.34. The highest BCUT2D eigenvalue weighted by Crippen LogP contribution is 2.40. The fourth-order valence-corrected chi connectivity index (χ4v) is 4.80. The van der Waals surface area contributed by atoms with Gasteiger partial charge >= 0.3 is 0 Å². The van der Waals surface area contributed by atoms with Crippen molar-refractivity contribution in [2.45, 2.75) is 64.4 Å². The molecule has 5 heteroatoms. The Balaban J connectivity index is 1.39. The molecule has 4 rings (SSSR count). The highest BCUT2D eigenvalue weighted by molar-refractivity contribution is 5.98. The number of hydrogen-bond donors (Lipinski definition) is 0. The van der Waals surface area contributed by atoms with E-state index < -0.39 is 0 Å². The Morgan fingerprint density at radius 1 is 0.929 bits per heavy atom. The van der Waals surface area contributed by atoms with Crippen LogP contribution in [0.2, 0.25) is 0 Å². The number of ether oxygens (including phenoxy) is 1. The van der Waals surface area contributed by atoms with E-state index >= 15 is 0 Å². The molecule has 0 aromatic heterocycles. The van der Waals surface area contributed by atoms with Crippen LogP contribution in [0.5, 0.6) is 5.75 Å². The van der Waals surface area contributed by atoms with Crippen LogP contribution in [0, 0.1) is 5.92 Å². The molecule has 28 heavy (non-hydrogen) atoms. The molecule has 1 aromatic carbocycles. The normalized spacial score (nSPS) is 25.8. The second-order valence-electron chi connectivity index (χ2n) is 8.64. The van der Waals surface area contributed by atoms with Gasteiger partial charge < -0.3 is 14.5 Å². The van der Waals surface area contributed by atoms with Crippen molar-refractivity contribution in [1.82, 2.24) is 9.80 Å². The van der Waals surface area contributed by atoms with E-state index in [1.54, 1.807) is 0 Å². The Kier molecular flexibility index (Phi) is 5.61. The minimum absolute atomic E-state index is 0.0406. The van der Waals surface area contributed by atoms with Gasteiger partial charge in [0.1, 0.15) is 11.9 Å². The molecule has 3 aliphatic heterocycles. The van der Waals surface area contributed by atoms with Crippen molar-refractivity contribution in [1.29, 1.82) is 0 Å². The third-order valence-electron chi connectivity index (χ3n) is 6.82. The van der Waals surface area contributed by atoms with Gasteiger partial charge in [-0.05, 0) is 38.7 Å². The van der Waals surface area contributed by atoms with Gasteiger partial charge in [-0.1, -0.05) is 31.9 Å². The average Bonchev–Trinajstić information content (AvgIpc) is 2.91. The molecule has 2 saturated heterocycles. The molecule has 2 fully saturated rings. The van der Waals surface area contributed by atoms with Gasteiger partial charge in [-0.2, -0.15) is 0 Å². The SMILES string of the molecule is C[C@@H]1Oc2c(C(=O)N3CCC(C(=O)N4CCCCCC4)CC3)cccc2[C@H]1C. The number of para-hydroxylation sites is 1. The van der Waals surface area contributed by atoms with Crippen LogP contribution in [-0.4, -0.2) is 53.9 Å². The zero-order valence-electron chi connectivity index (χ0n) is 17.2. The molecular formula is C23H32N2O3. The quantitative estimate of drug-likeness (QED) is 0.779. The fraction of sp³-hybridized carbons (Fsp3) is 0.652. The van der Waals surface area contributed by atoms with Gasteiger partial charge in [-0.3, -0.25) is 9.59 Å².